The number of carbonyl (C=O) groups is 1. The van der Waals surface area contributed by atoms with Crippen LogP contribution < -0.4 is 14.4 Å². The van der Waals surface area contributed by atoms with Crippen molar-refractivity contribution in [3.63, 3.8) is 0 Å². The maximum atomic E-state index is 13.7. The van der Waals surface area contributed by atoms with Crippen LogP contribution in [0.2, 0.25) is 5.02 Å². The van der Waals surface area contributed by atoms with Crippen LogP contribution in [0.1, 0.15) is 60.0 Å². The Hall–Kier alpha value is -5.39. The first-order chi connectivity index (χ1) is 26.7. The Morgan fingerprint density at radius 2 is 1.85 bits per heavy atom. The lowest BCUT2D eigenvalue weighted by atomic mass is 9.59. The van der Waals surface area contributed by atoms with Gasteiger partial charge in [-0.25, -0.2) is 4.98 Å². The van der Waals surface area contributed by atoms with Gasteiger partial charge in [0.25, 0.3) is 11.6 Å². The number of H-pyrrole nitrogens is 1. The molecule has 0 radical (unpaired) electrons. The van der Waals surface area contributed by atoms with Gasteiger partial charge in [0.1, 0.15) is 40.1 Å². The van der Waals surface area contributed by atoms with Crippen molar-refractivity contribution in [1.29, 1.82) is 5.26 Å². The minimum absolute atomic E-state index is 0.0232. The summed E-state index contributed by atoms with van der Waals surface area (Å²) in [4.78, 5) is 36.7. The van der Waals surface area contributed by atoms with Crippen molar-refractivity contribution in [2.75, 3.05) is 37.6 Å². The number of rotatable bonds is 10. The highest BCUT2D eigenvalue weighted by Gasteiger charge is 2.41. The molecule has 2 aliphatic carbocycles. The second kappa shape index (κ2) is 15.4. The number of nitro groups is 1. The lowest BCUT2D eigenvalue weighted by Gasteiger charge is -2.47. The zero-order valence-corrected chi connectivity index (χ0v) is 31.5. The number of aromatic amines is 1. The summed E-state index contributed by atoms with van der Waals surface area (Å²) in [5.41, 5.74) is 5.78. The third kappa shape index (κ3) is 7.77. The van der Waals surface area contributed by atoms with E-state index in [0.29, 0.717) is 16.8 Å². The van der Waals surface area contributed by atoms with Gasteiger partial charge in [-0.15, -0.1) is 0 Å². The molecule has 1 saturated heterocycles. The Morgan fingerprint density at radius 3 is 2.58 bits per heavy atom. The molecule has 1 atom stereocenters. The van der Waals surface area contributed by atoms with E-state index in [9.17, 15) is 24.7 Å². The number of nitriles is 1. The van der Waals surface area contributed by atoms with Gasteiger partial charge in [0.2, 0.25) is 0 Å². The van der Waals surface area contributed by atoms with Gasteiger partial charge in [-0.05, 0) is 97.2 Å². The molecule has 0 bridgehead atoms. The smallest absolute Gasteiger partial charge is 0.296 e. The summed E-state index contributed by atoms with van der Waals surface area (Å²) in [6, 6.07) is 22.6. The summed E-state index contributed by atoms with van der Waals surface area (Å²) in [5.74, 6) is -0.0528. The molecule has 12 nitrogen and oxygen atoms in total. The minimum atomic E-state index is -2.17. The molecule has 280 valence electrons. The fraction of sp³-hybridized carbons (Fsp3) is 0.293. The normalized spacial score (nSPS) is 17.4. The summed E-state index contributed by atoms with van der Waals surface area (Å²) in [5, 5.41) is 22.3. The maximum Gasteiger partial charge on any atom is 0.296 e. The van der Waals surface area contributed by atoms with E-state index in [0.717, 1.165) is 67.7 Å². The summed E-state index contributed by atoms with van der Waals surface area (Å²) < 4.78 is 22.0. The lowest BCUT2D eigenvalue weighted by Crippen LogP contribution is -2.47. The van der Waals surface area contributed by atoms with Crippen LogP contribution in [0.15, 0.2) is 95.7 Å². The molecule has 1 saturated carbocycles. The second-order valence-electron chi connectivity index (χ2n) is 14.5. The highest BCUT2D eigenvalue weighted by atomic mass is 35.5. The molecule has 2 aromatic heterocycles. The van der Waals surface area contributed by atoms with Crippen LogP contribution in [0.25, 0.3) is 16.6 Å². The van der Waals surface area contributed by atoms with Crippen molar-refractivity contribution < 1.29 is 19.0 Å². The largest absolute Gasteiger partial charge is 0.588 e. The maximum absolute atomic E-state index is 13.7. The molecule has 2 N–H and O–H groups in total. The number of aromatic nitrogens is 2. The highest BCUT2D eigenvalue weighted by Crippen LogP contribution is 2.55. The Morgan fingerprint density at radius 1 is 1.05 bits per heavy atom. The SMILES string of the molecule is N#Cc1ccc([S+]([O-])NC(=O)c2ccc(N3CCN(CC4=C(c5ccc(Cl)cc5)CC5(CCC5)CC4)CC3)cc2Oc2cnc3[nH]ccc3c2)cc1[N+](=O)[O-]. The number of piperazine rings is 1. The Labute approximate surface area is 326 Å². The van der Waals surface area contributed by atoms with E-state index >= 15 is 0 Å². The number of hydrogen-bond acceptors (Lipinski definition) is 9. The van der Waals surface area contributed by atoms with Crippen LogP contribution in [0.4, 0.5) is 11.4 Å². The highest BCUT2D eigenvalue weighted by molar-refractivity contribution is 7.90. The van der Waals surface area contributed by atoms with Gasteiger partial charge in [0, 0.05) is 61.1 Å². The molecule has 2 fully saturated rings. The molecule has 5 aromatic rings. The Kier molecular flexibility index (Phi) is 10.2. The fourth-order valence-electron chi connectivity index (χ4n) is 7.98. The molecule has 1 spiro atoms. The van der Waals surface area contributed by atoms with Crippen molar-refractivity contribution >= 4 is 56.9 Å². The molecule has 3 aromatic carbocycles. The molecule has 1 unspecified atom stereocenters. The number of allylic oxidation sites excluding steroid dienone is 1. The quantitative estimate of drug-likeness (QED) is 0.0809. The number of nitrogens with zero attached hydrogens (tertiary/aromatic N) is 5. The summed E-state index contributed by atoms with van der Waals surface area (Å²) in [6.45, 7) is 4.21. The zero-order valence-electron chi connectivity index (χ0n) is 29.9. The predicted octanol–water partition coefficient (Wildman–Crippen LogP) is 8.17. The lowest BCUT2D eigenvalue weighted by molar-refractivity contribution is -0.385. The topological polar surface area (TPSA) is 163 Å². The van der Waals surface area contributed by atoms with E-state index in [2.05, 4.69) is 36.6 Å². The van der Waals surface area contributed by atoms with Gasteiger partial charge in [0.05, 0.1) is 22.7 Å². The molecule has 14 heteroatoms. The second-order valence-corrected chi connectivity index (χ2v) is 16.1. The number of nitrogens with one attached hydrogen (secondary N) is 2. The van der Waals surface area contributed by atoms with Crippen LogP contribution in [0.5, 0.6) is 11.5 Å². The van der Waals surface area contributed by atoms with E-state index in [-0.39, 0.29) is 21.8 Å². The van der Waals surface area contributed by atoms with E-state index < -0.39 is 27.9 Å². The first-order valence-corrected chi connectivity index (χ1v) is 19.8. The Bertz CT molecular complexity index is 2350. The van der Waals surface area contributed by atoms with Crippen molar-refractivity contribution in [3.8, 4) is 17.6 Å². The van der Waals surface area contributed by atoms with E-state index in [1.54, 1.807) is 24.5 Å². The van der Waals surface area contributed by atoms with Crippen LogP contribution in [0, 0.1) is 26.9 Å². The number of carbonyl (C=O) groups excluding carboxylic acids is 1. The van der Waals surface area contributed by atoms with Crippen molar-refractivity contribution in [3.05, 3.63) is 123 Å². The van der Waals surface area contributed by atoms with Crippen molar-refractivity contribution in [2.24, 2.45) is 5.41 Å². The van der Waals surface area contributed by atoms with Gasteiger partial charge >= 0.3 is 0 Å². The van der Waals surface area contributed by atoms with Crippen molar-refractivity contribution in [1.82, 2.24) is 19.6 Å². The number of pyridine rings is 1. The average molecular weight is 776 g/mol. The van der Waals surface area contributed by atoms with Crippen molar-refractivity contribution in [2.45, 2.75) is 43.4 Å². The number of ether oxygens (including phenoxy) is 1. The number of fused-ring (bicyclic) bond motifs is 1. The molecule has 3 aliphatic rings. The summed E-state index contributed by atoms with van der Waals surface area (Å²) in [7, 11) is 0. The number of halogens is 1. The molecule has 1 amide bonds. The van der Waals surface area contributed by atoms with Gasteiger partial charge in [0.15, 0.2) is 4.90 Å². The van der Waals surface area contributed by atoms with Gasteiger partial charge in [-0.3, -0.25) is 19.8 Å². The fourth-order valence-corrected chi connectivity index (χ4v) is 8.91. The van der Waals surface area contributed by atoms with Crippen LogP contribution in [-0.2, 0) is 11.4 Å². The average Bonchev–Trinajstić information content (AvgIpc) is 3.66. The number of hydrogen-bond donors (Lipinski definition) is 2. The van der Waals surface area contributed by atoms with Crippen LogP contribution >= 0.6 is 11.6 Å². The van der Waals surface area contributed by atoms with Gasteiger partial charge in [-0.2, -0.15) is 9.98 Å². The van der Waals surface area contributed by atoms with E-state index in [1.807, 2.05) is 36.4 Å². The molecule has 3 heterocycles. The molecular weight excluding hydrogens is 738 g/mol. The molecule has 55 heavy (non-hydrogen) atoms. The van der Waals surface area contributed by atoms with Gasteiger partial charge < -0.3 is 19.2 Å². The summed E-state index contributed by atoms with van der Waals surface area (Å²) in [6.07, 6.45) is 10.8. The van der Waals surface area contributed by atoms with E-state index in [1.165, 1.54) is 54.5 Å². The van der Waals surface area contributed by atoms with Gasteiger partial charge in [-0.1, -0.05) is 35.7 Å². The number of amides is 1. The number of benzene rings is 3. The third-order valence-electron chi connectivity index (χ3n) is 11.2. The van der Waals surface area contributed by atoms with E-state index in [4.69, 9.17) is 16.3 Å². The summed E-state index contributed by atoms with van der Waals surface area (Å²) >= 11 is 4.09. The zero-order chi connectivity index (χ0) is 38.1. The number of nitro benzene ring substituents is 1. The third-order valence-corrected chi connectivity index (χ3v) is 12.5. The van der Waals surface area contributed by atoms with Crippen LogP contribution in [-0.4, -0.2) is 63.0 Å². The molecule has 1 aliphatic heterocycles. The molecule has 8 rings (SSSR count). The monoisotopic (exact) mass is 775 g/mol. The number of anilines is 1. The first kappa shape index (κ1) is 36.6. The standard InChI is InChI=1S/C41H38ClN7O5S/c42-31-5-2-27(3-6-31)36-23-41(12-1-13-41)14-10-30(36)26-47-16-18-48(19-17-47)32-7-9-35(38(21-32)54-33-20-28-11-15-44-39(28)45-25-33)40(50)46-55(53)34-8-4-29(24-43)37(22-34)49(51)52/h2-9,11,15,20-22,25H,1,10,12-14,16-19,23,26H2,(H,44,45)(H,46,50). The Balaban J connectivity index is 1.01. The first-order valence-electron chi connectivity index (χ1n) is 18.3. The predicted molar refractivity (Wildman–Crippen MR) is 211 cm³/mol. The minimum Gasteiger partial charge on any atom is -0.588 e. The molecular formula is C41H38ClN7O5S. The van der Waals surface area contributed by atoms with Crippen LogP contribution in [0.3, 0.4) is 0 Å².